The predicted octanol–water partition coefficient (Wildman–Crippen LogP) is 4.93. The molecule has 6 heteroatoms. The van der Waals surface area contributed by atoms with Gasteiger partial charge in [0.25, 0.3) is 5.91 Å². The highest BCUT2D eigenvalue weighted by molar-refractivity contribution is 6.31. The summed E-state index contributed by atoms with van der Waals surface area (Å²) in [7, 11) is 0. The van der Waals surface area contributed by atoms with Crippen LogP contribution in [0.25, 0.3) is 10.9 Å². The predicted molar refractivity (Wildman–Crippen MR) is 124 cm³/mol. The Labute approximate surface area is 187 Å². The van der Waals surface area contributed by atoms with Gasteiger partial charge in [-0.05, 0) is 55.5 Å². The van der Waals surface area contributed by atoms with Crippen molar-refractivity contribution in [2.75, 3.05) is 13.1 Å². The number of nitrogens with one attached hydrogen (secondary N) is 2. The quantitative estimate of drug-likeness (QED) is 0.594. The Balaban J connectivity index is 1.30. The molecule has 0 unspecified atom stereocenters. The number of fused-ring (bicyclic) bond motifs is 1. The van der Waals surface area contributed by atoms with Crippen molar-refractivity contribution in [2.45, 2.75) is 33.2 Å². The lowest BCUT2D eigenvalue weighted by molar-refractivity contribution is -0.126. The van der Waals surface area contributed by atoms with Crippen LogP contribution in [0.3, 0.4) is 0 Å². The molecule has 3 aromatic rings. The molecule has 2 heterocycles. The van der Waals surface area contributed by atoms with Crippen LogP contribution >= 0.6 is 11.6 Å². The van der Waals surface area contributed by atoms with E-state index in [4.69, 9.17) is 11.6 Å². The van der Waals surface area contributed by atoms with E-state index in [0.717, 1.165) is 29.3 Å². The van der Waals surface area contributed by atoms with Gasteiger partial charge in [0.15, 0.2) is 0 Å². The number of carbonyl (C=O) groups is 2. The van der Waals surface area contributed by atoms with Gasteiger partial charge in [-0.1, -0.05) is 48.4 Å². The highest BCUT2D eigenvalue weighted by Crippen LogP contribution is 2.27. The van der Waals surface area contributed by atoms with Crippen molar-refractivity contribution >= 4 is 34.3 Å². The number of amides is 2. The minimum atomic E-state index is -0.0720. The second-order valence-corrected chi connectivity index (χ2v) is 8.98. The van der Waals surface area contributed by atoms with Gasteiger partial charge in [-0.15, -0.1) is 0 Å². The smallest absolute Gasteiger partial charge is 0.270 e. The van der Waals surface area contributed by atoms with Crippen molar-refractivity contribution in [3.63, 3.8) is 0 Å². The number of hydrogen-bond acceptors (Lipinski definition) is 2. The van der Waals surface area contributed by atoms with Gasteiger partial charge in [0.2, 0.25) is 5.91 Å². The van der Waals surface area contributed by atoms with Crippen LogP contribution in [0.5, 0.6) is 0 Å². The summed E-state index contributed by atoms with van der Waals surface area (Å²) in [6.45, 7) is 5.92. The van der Waals surface area contributed by atoms with Crippen molar-refractivity contribution in [3.8, 4) is 0 Å². The largest absolute Gasteiger partial charge is 0.352 e. The Morgan fingerprint density at radius 3 is 2.68 bits per heavy atom. The van der Waals surface area contributed by atoms with Crippen molar-refractivity contribution < 1.29 is 9.59 Å². The second kappa shape index (κ2) is 9.15. The van der Waals surface area contributed by atoms with Gasteiger partial charge < -0.3 is 15.2 Å². The maximum atomic E-state index is 12.9. The number of hydrogen-bond donors (Lipinski definition) is 2. The number of aryl methyl sites for hydroxylation is 1. The number of aromatic amines is 1. The maximum Gasteiger partial charge on any atom is 0.270 e. The first kappa shape index (κ1) is 21.4. The Kier molecular flexibility index (Phi) is 6.33. The molecule has 2 amide bonds. The van der Waals surface area contributed by atoms with E-state index in [9.17, 15) is 9.59 Å². The highest BCUT2D eigenvalue weighted by atomic mass is 35.5. The van der Waals surface area contributed by atoms with Crippen molar-refractivity contribution in [2.24, 2.45) is 11.8 Å². The standard InChI is InChI=1S/C25H28ClN3O2/c1-16-4-3-5-18(12-16)15-27-24(30)17(2)19-8-10-29(11-9-19)25(31)23-14-20-13-21(26)6-7-22(20)28-23/h3-7,12-14,17,19,28H,8-11,15H2,1-2H3,(H,27,30)/t17-/m1/s1. The van der Waals surface area contributed by atoms with Crippen molar-refractivity contribution in [1.29, 1.82) is 0 Å². The van der Waals surface area contributed by atoms with E-state index in [2.05, 4.69) is 16.4 Å². The van der Waals surface area contributed by atoms with Gasteiger partial charge in [0.1, 0.15) is 5.69 Å². The van der Waals surface area contributed by atoms with Gasteiger partial charge in [-0.3, -0.25) is 9.59 Å². The normalized spacial score (nSPS) is 15.8. The average molecular weight is 438 g/mol. The molecule has 4 rings (SSSR count). The number of carbonyl (C=O) groups excluding carboxylic acids is 2. The molecule has 162 valence electrons. The molecule has 1 saturated heterocycles. The van der Waals surface area contributed by atoms with Crippen LogP contribution in [0.15, 0.2) is 48.5 Å². The Morgan fingerprint density at radius 1 is 1.16 bits per heavy atom. The molecular weight excluding hydrogens is 410 g/mol. The van der Waals surface area contributed by atoms with Crippen LogP contribution in [-0.2, 0) is 11.3 Å². The first-order chi connectivity index (χ1) is 14.9. The molecule has 1 aliphatic heterocycles. The molecule has 1 atom stereocenters. The van der Waals surface area contributed by atoms with Crippen LogP contribution in [0.4, 0.5) is 0 Å². The van der Waals surface area contributed by atoms with E-state index in [0.29, 0.717) is 30.4 Å². The van der Waals surface area contributed by atoms with E-state index in [1.165, 1.54) is 5.56 Å². The van der Waals surface area contributed by atoms with E-state index in [1.54, 1.807) is 0 Å². The van der Waals surface area contributed by atoms with E-state index < -0.39 is 0 Å². The molecule has 2 N–H and O–H groups in total. The molecule has 0 spiro atoms. The minimum absolute atomic E-state index is 0.00215. The lowest BCUT2D eigenvalue weighted by Crippen LogP contribution is -2.42. The molecule has 5 nitrogen and oxygen atoms in total. The zero-order valence-electron chi connectivity index (χ0n) is 18.0. The summed E-state index contributed by atoms with van der Waals surface area (Å²) in [5, 5.41) is 4.66. The van der Waals surface area contributed by atoms with E-state index >= 15 is 0 Å². The van der Waals surface area contributed by atoms with Crippen LogP contribution in [0.2, 0.25) is 5.02 Å². The van der Waals surface area contributed by atoms with Gasteiger partial charge in [-0.25, -0.2) is 0 Å². The Bertz CT molecular complexity index is 1100. The fraction of sp³-hybridized carbons (Fsp3) is 0.360. The molecule has 1 fully saturated rings. The first-order valence-corrected chi connectivity index (χ1v) is 11.2. The fourth-order valence-electron chi connectivity index (χ4n) is 4.38. The number of benzene rings is 2. The maximum absolute atomic E-state index is 12.9. The zero-order valence-corrected chi connectivity index (χ0v) is 18.7. The van der Waals surface area contributed by atoms with Crippen LogP contribution in [0.1, 0.15) is 41.4 Å². The summed E-state index contributed by atoms with van der Waals surface area (Å²) in [5.74, 6) is 0.293. The summed E-state index contributed by atoms with van der Waals surface area (Å²) in [6.07, 6.45) is 1.66. The van der Waals surface area contributed by atoms with Crippen molar-refractivity contribution in [1.82, 2.24) is 15.2 Å². The number of nitrogens with zero attached hydrogens (tertiary/aromatic N) is 1. The number of rotatable bonds is 5. The fourth-order valence-corrected chi connectivity index (χ4v) is 4.56. The molecule has 0 bridgehead atoms. The Morgan fingerprint density at radius 2 is 1.94 bits per heavy atom. The number of H-pyrrole nitrogens is 1. The molecule has 1 aromatic heterocycles. The molecular formula is C25H28ClN3O2. The van der Waals surface area contributed by atoms with Crippen LogP contribution in [0, 0.1) is 18.8 Å². The number of piperidine rings is 1. The summed E-state index contributed by atoms with van der Waals surface area (Å²) >= 11 is 6.05. The summed E-state index contributed by atoms with van der Waals surface area (Å²) < 4.78 is 0. The van der Waals surface area contributed by atoms with Gasteiger partial charge in [0, 0.05) is 41.5 Å². The third-order valence-electron chi connectivity index (χ3n) is 6.31. The molecule has 2 aromatic carbocycles. The van der Waals surface area contributed by atoms with E-state index in [1.807, 2.05) is 61.2 Å². The molecule has 0 radical (unpaired) electrons. The molecule has 0 saturated carbocycles. The summed E-state index contributed by atoms with van der Waals surface area (Å²) in [6, 6.07) is 15.6. The van der Waals surface area contributed by atoms with E-state index in [-0.39, 0.29) is 23.7 Å². The third-order valence-corrected chi connectivity index (χ3v) is 6.55. The van der Waals surface area contributed by atoms with Crippen LogP contribution in [-0.4, -0.2) is 34.8 Å². The lowest BCUT2D eigenvalue weighted by Gasteiger charge is -2.34. The molecule has 1 aliphatic rings. The zero-order chi connectivity index (χ0) is 22.0. The van der Waals surface area contributed by atoms with Crippen molar-refractivity contribution in [3.05, 3.63) is 70.4 Å². The highest BCUT2D eigenvalue weighted by Gasteiger charge is 2.30. The average Bonchev–Trinajstić information content (AvgIpc) is 3.20. The summed E-state index contributed by atoms with van der Waals surface area (Å²) in [4.78, 5) is 30.7. The first-order valence-electron chi connectivity index (χ1n) is 10.8. The summed E-state index contributed by atoms with van der Waals surface area (Å²) in [5.41, 5.74) is 3.79. The monoisotopic (exact) mass is 437 g/mol. The topological polar surface area (TPSA) is 65.2 Å². The SMILES string of the molecule is Cc1cccc(CNC(=O)[C@H](C)C2CCN(C(=O)c3cc4cc(Cl)ccc4[nH]3)CC2)c1. The number of aromatic nitrogens is 1. The Hall–Kier alpha value is -2.79. The van der Waals surface area contributed by atoms with Crippen LogP contribution < -0.4 is 5.32 Å². The molecule has 31 heavy (non-hydrogen) atoms. The number of likely N-dealkylation sites (tertiary alicyclic amines) is 1. The minimum Gasteiger partial charge on any atom is -0.352 e. The van der Waals surface area contributed by atoms with Gasteiger partial charge in [0.05, 0.1) is 0 Å². The van der Waals surface area contributed by atoms with Gasteiger partial charge >= 0.3 is 0 Å². The second-order valence-electron chi connectivity index (χ2n) is 8.54. The lowest BCUT2D eigenvalue weighted by atomic mass is 9.84. The number of halogens is 1. The third kappa shape index (κ3) is 4.93. The van der Waals surface area contributed by atoms with Gasteiger partial charge in [-0.2, -0.15) is 0 Å². The molecule has 0 aliphatic carbocycles.